The maximum atomic E-state index is 11.4. The molecule has 19 heavy (non-hydrogen) atoms. The number of aliphatic carboxylic acids is 1. The van der Waals surface area contributed by atoms with Gasteiger partial charge in [0.05, 0.1) is 24.3 Å². The van der Waals surface area contributed by atoms with Crippen molar-refractivity contribution in [3.63, 3.8) is 0 Å². The van der Waals surface area contributed by atoms with Gasteiger partial charge in [-0.05, 0) is 6.92 Å². The van der Waals surface area contributed by atoms with E-state index in [4.69, 9.17) is 5.11 Å². The number of carboxylic acids is 1. The largest absolute Gasteiger partial charge is 0.480 e. The summed E-state index contributed by atoms with van der Waals surface area (Å²) < 4.78 is 0. The number of urea groups is 1. The number of rotatable bonds is 6. The molecule has 1 aromatic heterocycles. The molecular formula is C10H14N4O4S. The van der Waals surface area contributed by atoms with Crippen LogP contribution in [0.25, 0.3) is 0 Å². The number of aryl methyl sites for hydroxylation is 1. The predicted molar refractivity (Wildman–Crippen MR) is 67.7 cm³/mol. The summed E-state index contributed by atoms with van der Waals surface area (Å²) >= 11 is 1.43. The Morgan fingerprint density at radius 1 is 1.26 bits per heavy atom. The van der Waals surface area contributed by atoms with Crippen molar-refractivity contribution < 1.29 is 19.5 Å². The molecule has 0 aliphatic heterocycles. The molecule has 1 rings (SSSR count). The number of hydrogen-bond acceptors (Lipinski definition) is 5. The second kappa shape index (κ2) is 7.31. The summed E-state index contributed by atoms with van der Waals surface area (Å²) in [5, 5.41) is 15.4. The zero-order valence-electron chi connectivity index (χ0n) is 10.2. The van der Waals surface area contributed by atoms with E-state index in [0.29, 0.717) is 6.54 Å². The Labute approximate surface area is 113 Å². The molecule has 4 N–H and O–H groups in total. The van der Waals surface area contributed by atoms with Gasteiger partial charge in [-0.3, -0.25) is 9.59 Å². The molecule has 9 heteroatoms. The third-order valence-electron chi connectivity index (χ3n) is 2.10. The molecule has 0 aliphatic rings. The number of amides is 3. The number of carbonyl (C=O) groups is 3. The van der Waals surface area contributed by atoms with E-state index in [1.165, 1.54) is 11.3 Å². The van der Waals surface area contributed by atoms with E-state index >= 15 is 0 Å². The van der Waals surface area contributed by atoms with Crippen LogP contribution in [0, 0.1) is 6.92 Å². The van der Waals surface area contributed by atoms with Gasteiger partial charge in [0.2, 0.25) is 5.91 Å². The Morgan fingerprint density at radius 3 is 2.58 bits per heavy atom. The lowest BCUT2D eigenvalue weighted by molar-refractivity contribution is -0.137. The minimum Gasteiger partial charge on any atom is -0.480 e. The monoisotopic (exact) mass is 286 g/mol. The number of thiazole rings is 1. The fourth-order valence-corrected chi connectivity index (χ4v) is 1.83. The van der Waals surface area contributed by atoms with E-state index in [1.807, 2.05) is 6.92 Å². The maximum Gasteiger partial charge on any atom is 0.322 e. The minimum absolute atomic E-state index is 0.277. The number of nitrogens with zero attached hydrogens (tertiary/aromatic N) is 1. The predicted octanol–water partition coefficient (Wildman–Crippen LogP) is -0.548. The fourth-order valence-electron chi connectivity index (χ4n) is 1.12. The molecule has 0 atom stereocenters. The summed E-state index contributed by atoms with van der Waals surface area (Å²) in [6, 6.07) is -0.502. The van der Waals surface area contributed by atoms with Gasteiger partial charge in [-0.2, -0.15) is 0 Å². The van der Waals surface area contributed by atoms with Crippen LogP contribution >= 0.6 is 11.3 Å². The minimum atomic E-state index is -1.14. The quantitative estimate of drug-likeness (QED) is 0.559. The van der Waals surface area contributed by atoms with Gasteiger partial charge in [-0.25, -0.2) is 9.78 Å². The highest BCUT2D eigenvalue weighted by molar-refractivity contribution is 7.09. The normalized spacial score (nSPS) is 9.74. The van der Waals surface area contributed by atoms with Gasteiger partial charge >= 0.3 is 12.0 Å². The molecule has 0 spiro atoms. The highest BCUT2D eigenvalue weighted by Gasteiger charge is 2.07. The van der Waals surface area contributed by atoms with Crippen LogP contribution in [0.4, 0.5) is 4.79 Å². The second-order valence-corrected chi connectivity index (χ2v) is 4.51. The van der Waals surface area contributed by atoms with E-state index in [-0.39, 0.29) is 6.54 Å². The standard InChI is InChI=1S/C10H14N4O4S/c1-6-7(19-5-14-6)2-12-10(18)13-3-8(15)11-4-9(16)17/h5H,2-4H2,1H3,(H,11,15)(H,16,17)(H2,12,13,18). The summed E-state index contributed by atoms with van der Waals surface area (Å²) in [6.45, 7) is 1.42. The van der Waals surface area contributed by atoms with Crippen molar-refractivity contribution in [1.82, 2.24) is 20.9 Å². The van der Waals surface area contributed by atoms with Crippen molar-refractivity contribution >= 4 is 29.2 Å². The van der Waals surface area contributed by atoms with Crippen LogP contribution in [0.15, 0.2) is 5.51 Å². The number of carboxylic acid groups (broad SMARTS) is 1. The third-order valence-corrected chi connectivity index (χ3v) is 3.04. The van der Waals surface area contributed by atoms with Gasteiger partial charge in [0.1, 0.15) is 6.54 Å². The van der Waals surface area contributed by atoms with Crippen molar-refractivity contribution in [2.75, 3.05) is 13.1 Å². The lowest BCUT2D eigenvalue weighted by atomic mass is 10.4. The Bertz CT molecular complexity index is 474. The molecular weight excluding hydrogens is 272 g/mol. The molecule has 0 radical (unpaired) electrons. The topological polar surface area (TPSA) is 120 Å². The van der Waals surface area contributed by atoms with Gasteiger partial charge in [0.25, 0.3) is 0 Å². The van der Waals surface area contributed by atoms with Crippen LogP contribution in [0.3, 0.4) is 0 Å². The molecule has 0 unspecified atom stereocenters. The van der Waals surface area contributed by atoms with Crippen molar-refractivity contribution in [2.45, 2.75) is 13.5 Å². The van der Waals surface area contributed by atoms with Crippen LogP contribution < -0.4 is 16.0 Å². The van der Waals surface area contributed by atoms with Gasteiger partial charge in [-0.1, -0.05) is 0 Å². The van der Waals surface area contributed by atoms with Crippen LogP contribution in [0.2, 0.25) is 0 Å². The van der Waals surface area contributed by atoms with Gasteiger partial charge in [0, 0.05) is 4.88 Å². The molecule has 3 amide bonds. The number of aromatic nitrogens is 1. The molecule has 0 saturated heterocycles. The number of carbonyl (C=O) groups excluding carboxylic acids is 2. The van der Waals surface area contributed by atoms with Crippen molar-refractivity contribution in [3.05, 3.63) is 16.1 Å². The Morgan fingerprint density at radius 2 is 2.00 bits per heavy atom. The molecule has 0 fully saturated rings. The lowest BCUT2D eigenvalue weighted by Crippen LogP contribution is -2.42. The first kappa shape index (κ1) is 14.9. The second-order valence-electron chi connectivity index (χ2n) is 3.57. The maximum absolute atomic E-state index is 11.4. The first-order valence-corrected chi connectivity index (χ1v) is 6.26. The van der Waals surface area contributed by atoms with E-state index in [0.717, 1.165) is 10.6 Å². The van der Waals surface area contributed by atoms with Gasteiger partial charge in [0.15, 0.2) is 0 Å². The van der Waals surface area contributed by atoms with Crippen LogP contribution in [-0.2, 0) is 16.1 Å². The zero-order chi connectivity index (χ0) is 14.3. The summed E-state index contributed by atoms with van der Waals surface area (Å²) in [5.74, 6) is -1.70. The third kappa shape index (κ3) is 5.82. The molecule has 104 valence electrons. The van der Waals surface area contributed by atoms with E-state index in [2.05, 4.69) is 20.9 Å². The van der Waals surface area contributed by atoms with Crippen LogP contribution in [0.1, 0.15) is 10.6 Å². The van der Waals surface area contributed by atoms with Gasteiger partial charge < -0.3 is 21.1 Å². The van der Waals surface area contributed by atoms with E-state index in [1.54, 1.807) is 5.51 Å². The van der Waals surface area contributed by atoms with Crippen molar-refractivity contribution in [1.29, 1.82) is 0 Å². The molecule has 8 nitrogen and oxygen atoms in total. The smallest absolute Gasteiger partial charge is 0.322 e. The van der Waals surface area contributed by atoms with Gasteiger partial charge in [-0.15, -0.1) is 11.3 Å². The number of hydrogen-bond donors (Lipinski definition) is 4. The average Bonchev–Trinajstić information content (AvgIpc) is 2.77. The molecule has 0 saturated carbocycles. The summed E-state index contributed by atoms with van der Waals surface area (Å²) in [7, 11) is 0. The van der Waals surface area contributed by atoms with Crippen LogP contribution in [0.5, 0.6) is 0 Å². The van der Waals surface area contributed by atoms with Crippen molar-refractivity contribution in [2.24, 2.45) is 0 Å². The Hall–Kier alpha value is -2.16. The van der Waals surface area contributed by atoms with E-state index < -0.39 is 24.5 Å². The Kier molecular flexibility index (Phi) is 5.73. The van der Waals surface area contributed by atoms with Crippen molar-refractivity contribution in [3.8, 4) is 0 Å². The molecule has 1 heterocycles. The highest BCUT2D eigenvalue weighted by Crippen LogP contribution is 2.10. The van der Waals surface area contributed by atoms with E-state index in [9.17, 15) is 14.4 Å². The fraction of sp³-hybridized carbons (Fsp3) is 0.400. The summed E-state index contributed by atoms with van der Waals surface area (Å²) in [5.41, 5.74) is 2.54. The first-order chi connectivity index (χ1) is 8.99. The first-order valence-electron chi connectivity index (χ1n) is 5.38. The summed E-state index contributed by atoms with van der Waals surface area (Å²) in [6.07, 6.45) is 0. The molecule has 0 aliphatic carbocycles. The highest BCUT2D eigenvalue weighted by atomic mass is 32.1. The lowest BCUT2D eigenvalue weighted by Gasteiger charge is -2.06. The molecule has 0 bridgehead atoms. The average molecular weight is 286 g/mol. The number of nitrogens with one attached hydrogen (secondary N) is 3. The Balaban J connectivity index is 2.19. The SMILES string of the molecule is Cc1ncsc1CNC(=O)NCC(=O)NCC(=O)O. The zero-order valence-corrected chi connectivity index (χ0v) is 11.0. The molecule has 0 aromatic carbocycles. The van der Waals surface area contributed by atoms with Crippen LogP contribution in [-0.4, -0.2) is 41.1 Å². The molecule has 1 aromatic rings. The summed E-state index contributed by atoms with van der Waals surface area (Å²) in [4.78, 5) is 37.6.